The Hall–Kier alpha value is -2.93. The molecule has 0 aromatic heterocycles. The normalized spacial score (nSPS) is 24.4. The first-order valence-corrected chi connectivity index (χ1v) is 9.66. The van der Waals surface area contributed by atoms with Gasteiger partial charge in [0.15, 0.2) is 0 Å². The molecule has 2 aliphatic rings. The summed E-state index contributed by atoms with van der Waals surface area (Å²) in [6.45, 7) is -0.691. The summed E-state index contributed by atoms with van der Waals surface area (Å²) in [7, 11) is 1.49. The van der Waals surface area contributed by atoms with Gasteiger partial charge in [-0.15, -0.1) is 0 Å². The van der Waals surface area contributed by atoms with Crippen LogP contribution in [0.4, 0.5) is 4.39 Å². The Balaban J connectivity index is 1.76. The van der Waals surface area contributed by atoms with Crippen molar-refractivity contribution < 1.29 is 23.8 Å². The fourth-order valence-corrected chi connectivity index (χ4v) is 3.92. The van der Waals surface area contributed by atoms with Gasteiger partial charge >= 0.3 is 0 Å². The van der Waals surface area contributed by atoms with E-state index in [1.807, 2.05) is 30.3 Å². The molecule has 4 rings (SSSR count). The van der Waals surface area contributed by atoms with Crippen molar-refractivity contribution in [3.8, 4) is 5.75 Å². The lowest BCUT2D eigenvalue weighted by atomic mass is 9.86. The van der Waals surface area contributed by atoms with Crippen LogP contribution in [0.3, 0.4) is 0 Å². The zero-order chi connectivity index (χ0) is 20.5. The third kappa shape index (κ3) is 3.58. The quantitative estimate of drug-likeness (QED) is 0.695. The predicted octanol–water partition coefficient (Wildman–Crippen LogP) is 2.02. The van der Waals surface area contributed by atoms with Gasteiger partial charge in [-0.25, -0.2) is 4.39 Å². The minimum absolute atomic E-state index is 0.0285. The standard InChI is InChI=1S/C22H23FN2O4/c1-24-22(28)16-8-13(21(27)25-17-9-14(17)11-26)7-15-19(12-5-3-2-4-6-12)18(10-23)29-20(15)16/h2-8,14,17-19,26H,9-11H2,1H3,(H,24,28)(H,25,27)/t14-,17+,18-,19+/m1/s1. The van der Waals surface area contributed by atoms with Crippen LogP contribution in [0.1, 0.15) is 44.2 Å². The van der Waals surface area contributed by atoms with Crippen molar-refractivity contribution in [2.45, 2.75) is 24.5 Å². The molecule has 0 unspecified atom stereocenters. The highest BCUT2D eigenvalue weighted by atomic mass is 19.1. The second kappa shape index (κ2) is 7.83. The number of alkyl halides is 1. The molecule has 3 N–H and O–H groups in total. The second-order valence-corrected chi connectivity index (χ2v) is 7.48. The van der Waals surface area contributed by atoms with Crippen molar-refractivity contribution in [2.24, 2.45) is 5.92 Å². The molecule has 2 amide bonds. The lowest BCUT2D eigenvalue weighted by Crippen LogP contribution is -2.28. The van der Waals surface area contributed by atoms with Gasteiger partial charge in [-0.2, -0.15) is 0 Å². The first-order valence-electron chi connectivity index (χ1n) is 9.66. The molecule has 1 heterocycles. The van der Waals surface area contributed by atoms with Crippen molar-refractivity contribution >= 4 is 11.8 Å². The molecule has 0 radical (unpaired) electrons. The maximum atomic E-state index is 13.8. The van der Waals surface area contributed by atoms with Crippen LogP contribution in [0.25, 0.3) is 0 Å². The summed E-state index contributed by atoms with van der Waals surface area (Å²) in [4.78, 5) is 25.2. The molecule has 6 nitrogen and oxygen atoms in total. The summed E-state index contributed by atoms with van der Waals surface area (Å²) in [5.41, 5.74) is 2.01. The largest absolute Gasteiger partial charge is 0.486 e. The van der Waals surface area contributed by atoms with Gasteiger partial charge in [0.05, 0.1) is 11.5 Å². The number of aliphatic hydroxyl groups excluding tert-OH is 1. The summed E-state index contributed by atoms with van der Waals surface area (Å²) in [6, 6.07) is 12.5. The van der Waals surface area contributed by atoms with E-state index in [2.05, 4.69) is 10.6 Å². The average molecular weight is 398 g/mol. The number of benzene rings is 2. The Bertz CT molecular complexity index is 934. The Kier molecular flexibility index (Phi) is 5.24. The molecule has 1 aliphatic heterocycles. The predicted molar refractivity (Wildman–Crippen MR) is 105 cm³/mol. The third-order valence-corrected chi connectivity index (χ3v) is 5.61. The number of nitrogens with one attached hydrogen (secondary N) is 2. The zero-order valence-electron chi connectivity index (χ0n) is 16.0. The summed E-state index contributed by atoms with van der Waals surface area (Å²) in [5.74, 6) is -0.755. The van der Waals surface area contributed by atoms with E-state index < -0.39 is 24.6 Å². The molecule has 1 saturated carbocycles. The third-order valence-electron chi connectivity index (χ3n) is 5.61. The summed E-state index contributed by atoms with van der Waals surface area (Å²) in [6.07, 6.45) is -0.0360. The van der Waals surface area contributed by atoms with E-state index in [1.54, 1.807) is 6.07 Å². The molecule has 2 aromatic rings. The van der Waals surface area contributed by atoms with Crippen LogP contribution >= 0.6 is 0 Å². The Labute approximate surface area is 168 Å². The smallest absolute Gasteiger partial charge is 0.254 e. The van der Waals surface area contributed by atoms with Gasteiger partial charge in [-0.05, 0) is 24.1 Å². The highest BCUT2D eigenvalue weighted by molar-refractivity contribution is 6.02. The van der Waals surface area contributed by atoms with E-state index >= 15 is 0 Å². The average Bonchev–Trinajstić information content (AvgIpc) is 3.40. The van der Waals surface area contributed by atoms with Crippen LogP contribution in [0.2, 0.25) is 0 Å². The topological polar surface area (TPSA) is 87.7 Å². The number of ether oxygens (including phenoxy) is 1. The number of aliphatic hydroxyl groups is 1. The molecule has 1 fully saturated rings. The molecule has 2 aromatic carbocycles. The van der Waals surface area contributed by atoms with Gasteiger partial charge in [0.1, 0.15) is 18.5 Å². The molecular weight excluding hydrogens is 375 g/mol. The van der Waals surface area contributed by atoms with Crippen LogP contribution in [0.5, 0.6) is 5.75 Å². The van der Waals surface area contributed by atoms with Crippen molar-refractivity contribution in [1.82, 2.24) is 10.6 Å². The molecule has 29 heavy (non-hydrogen) atoms. The monoisotopic (exact) mass is 398 g/mol. The van der Waals surface area contributed by atoms with Gasteiger partial charge in [0, 0.05) is 36.7 Å². The first kappa shape index (κ1) is 19.4. The van der Waals surface area contributed by atoms with E-state index in [0.717, 1.165) is 12.0 Å². The minimum Gasteiger partial charge on any atom is -0.486 e. The summed E-state index contributed by atoms with van der Waals surface area (Å²) < 4.78 is 19.6. The number of amides is 2. The number of carbonyl (C=O) groups is 2. The molecule has 152 valence electrons. The van der Waals surface area contributed by atoms with Gasteiger partial charge in [-0.1, -0.05) is 30.3 Å². The molecule has 7 heteroatoms. The molecular formula is C22H23FN2O4. The Morgan fingerprint density at radius 3 is 2.59 bits per heavy atom. The van der Waals surface area contributed by atoms with E-state index in [-0.39, 0.29) is 30.0 Å². The second-order valence-electron chi connectivity index (χ2n) is 7.48. The number of hydrogen-bond acceptors (Lipinski definition) is 4. The molecule has 0 saturated heterocycles. The van der Waals surface area contributed by atoms with Crippen LogP contribution in [-0.4, -0.2) is 49.4 Å². The lowest BCUT2D eigenvalue weighted by Gasteiger charge is -2.16. The molecule has 1 aliphatic carbocycles. The molecule has 0 bridgehead atoms. The van der Waals surface area contributed by atoms with Crippen molar-refractivity contribution in [3.63, 3.8) is 0 Å². The fourth-order valence-electron chi connectivity index (χ4n) is 3.92. The van der Waals surface area contributed by atoms with Gasteiger partial charge in [0.2, 0.25) is 0 Å². The lowest BCUT2D eigenvalue weighted by molar-refractivity contribution is 0.0947. The number of carbonyl (C=O) groups excluding carboxylic acids is 2. The van der Waals surface area contributed by atoms with Gasteiger partial charge < -0.3 is 20.5 Å². The highest BCUT2D eigenvalue weighted by Gasteiger charge is 2.40. The van der Waals surface area contributed by atoms with Crippen molar-refractivity contribution in [1.29, 1.82) is 0 Å². The molecule has 4 atom stereocenters. The summed E-state index contributed by atoms with van der Waals surface area (Å²) >= 11 is 0. The highest BCUT2D eigenvalue weighted by Crippen LogP contribution is 2.45. The van der Waals surface area contributed by atoms with Gasteiger partial charge in [-0.3, -0.25) is 9.59 Å². The van der Waals surface area contributed by atoms with Crippen LogP contribution in [0, 0.1) is 5.92 Å². The maximum absolute atomic E-state index is 13.8. The zero-order valence-corrected chi connectivity index (χ0v) is 16.0. The van der Waals surface area contributed by atoms with Crippen molar-refractivity contribution in [2.75, 3.05) is 20.3 Å². The number of hydrogen-bond donors (Lipinski definition) is 3. The van der Waals surface area contributed by atoms with E-state index in [0.29, 0.717) is 16.9 Å². The maximum Gasteiger partial charge on any atom is 0.254 e. The van der Waals surface area contributed by atoms with Gasteiger partial charge in [0.25, 0.3) is 11.8 Å². The SMILES string of the molecule is CNC(=O)c1cc(C(=O)N[C@H]2C[C@@H]2CO)cc2c1O[C@H](CF)[C@H]2c1ccccc1. The Morgan fingerprint density at radius 2 is 1.97 bits per heavy atom. The first-order chi connectivity index (χ1) is 14.1. The van der Waals surface area contributed by atoms with Crippen LogP contribution in [0.15, 0.2) is 42.5 Å². The van der Waals surface area contributed by atoms with E-state index in [4.69, 9.17) is 4.74 Å². The number of fused-ring (bicyclic) bond motifs is 1. The number of halogens is 1. The van der Waals surface area contributed by atoms with E-state index in [1.165, 1.54) is 13.1 Å². The van der Waals surface area contributed by atoms with Crippen molar-refractivity contribution in [3.05, 3.63) is 64.7 Å². The minimum atomic E-state index is -0.767. The summed E-state index contributed by atoms with van der Waals surface area (Å²) in [5, 5.41) is 14.6. The number of rotatable bonds is 6. The Morgan fingerprint density at radius 1 is 1.21 bits per heavy atom. The van der Waals surface area contributed by atoms with E-state index in [9.17, 15) is 19.1 Å². The van der Waals surface area contributed by atoms with Crippen LogP contribution in [-0.2, 0) is 0 Å². The molecule has 0 spiro atoms. The fraction of sp³-hybridized carbons (Fsp3) is 0.364. The van der Waals surface area contributed by atoms with Crippen LogP contribution < -0.4 is 15.4 Å².